The molecule has 3 N–H and O–H groups in total. The number of hydrogen-bond donors (Lipinski definition) is 3. The zero-order chi connectivity index (χ0) is 13.1. The molecule has 1 heterocycles. The Balaban J connectivity index is 2.17. The highest BCUT2D eigenvalue weighted by atomic mass is 16.3. The molecular formula is C13H17N3O2. The number of carbonyl (C=O) groups is 1. The quantitative estimate of drug-likeness (QED) is 0.762. The first-order chi connectivity index (χ1) is 8.61. The summed E-state index contributed by atoms with van der Waals surface area (Å²) in [5, 5.41) is 12.0. The van der Waals surface area contributed by atoms with Crippen LogP contribution in [0.3, 0.4) is 0 Å². The van der Waals surface area contributed by atoms with Gasteiger partial charge in [0, 0.05) is 5.56 Å². The van der Waals surface area contributed by atoms with E-state index in [1.54, 1.807) is 24.5 Å². The van der Waals surface area contributed by atoms with Gasteiger partial charge in [0.1, 0.15) is 0 Å². The maximum absolute atomic E-state index is 12.0. The minimum Gasteiger partial charge on any atom is -0.394 e. The van der Waals surface area contributed by atoms with Gasteiger partial charge in [0.2, 0.25) is 0 Å². The average Bonchev–Trinajstić information content (AvgIpc) is 2.82. The third kappa shape index (κ3) is 2.51. The van der Waals surface area contributed by atoms with Crippen molar-refractivity contribution in [3.8, 4) is 0 Å². The summed E-state index contributed by atoms with van der Waals surface area (Å²) in [6.07, 6.45) is 1.59. The third-order valence-electron chi connectivity index (χ3n) is 3.00. The molecular weight excluding hydrogens is 230 g/mol. The number of nitrogens with one attached hydrogen (secondary N) is 2. The number of carbonyl (C=O) groups excluding carboxylic acids is 1. The van der Waals surface area contributed by atoms with Crippen molar-refractivity contribution in [3.63, 3.8) is 0 Å². The lowest BCUT2D eigenvalue weighted by molar-refractivity contribution is 0.0897. The van der Waals surface area contributed by atoms with E-state index in [2.05, 4.69) is 15.3 Å². The Bertz CT molecular complexity index is 548. The van der Waals surface area contributed by atoms with Crippen molar-refractivity contribution in [2.45, 2.75) is 19.9 Å². The van der Waals surface area contributed by atoms with Crippen LogP contribution in [0.5, 0.6) is 0 Å². The van der Waals surface area contributed by atoms with Gasteiger partial charge in [-0.2, -0.15) is 0 Å². The molecule has 1 atom stereocenters. The van der Waals surface area contributed by atoms with Crippen molar-refractivity contribution in [2.75, 3.05) is 6.61 Å². The molecule has 2 aromatic rings. The molecule has 0 radical (unpaired) electrons. The summed E-state index contributed by atoms with van der Waals surface area (Å²) in [5.74, 6) is 0.00841. The van der Waals surface area contributed by atoms with Crippen molar-refractivity contribution in [1.29, 1.82) is 0 Å². The fourth-order valence-corrected chi connectivity index (χ4v) is 1.75. The molecule has 1 aromatic carbocycles. The summed E-state index contributed by atoms with van der Waals surface area (Å²) < 4.78 is 0. The molecule has 2 rings (SSSR count). The summed E-state index contributed by atoms with van der Waals surface area (Å²) in [7, 11) is 0. The molecule has 0 fully saturated rings. The lowest BCUT2D eigenvalue weighted by Crippen LogP contribution is -2.41. The zero-order valence-corrected chi connectivity index (χ0v) is 10.5. The molecule has 18 heavy (non-hydrogen) atoms. The molecule has 5 nitrogen and oxygen atoms in total. The highest BCUT2D eigenvalue weighted by molar-refractivity contribution is 5.97. The summed E-state index contributed by atoms with van der Waals surface area (Å²) in [6, 6.07) is 5.05. The number of aliphatic hydroxyl groups is 1. The Hall–Kier alpha value is -1.88. The van der Waals surface area contributed by atoms with Gasteiger partial charge in [-0.3, -0.25) is 4.79 Å². The predicted molar refractivity (Wildman–Crippen MR) is 69.3 cm³/mol. The van der Waals surface area contributed by atoms with Crippen LogP contribution in [0.2, 0.25) is 0 Å². The number of amides is 1. The van der Waals surface area contributed by atoms with Crippen LogP contribution >= 0.6 is 0 Å². The molecule has 0 aliphatic carbocycles. The number of hydrogen-bond acceptors (Lipinski definition) is 3. The number of nitrogens with zero attached hydrogens (tertiary/aromatic N) is 1. The zero-order valence-electron chi connectivity index (χ0n) is 10.5. The van der Waals surface area contributed by atoms with Crippen molar-refractivity contribution in [3.05, 3.63) is 30.1 Å². The van der Waals surface area contributed by atoms with E-state index in [0.717, 1.165) is 11.0 Å². The number of imidazole rings is 1. The molecule has 1 amide bonds. The molecule has 1 aromatic heterocycles. The van der Waals surface area contributed by atoms with E-state index in [4.69, 9.17) is 0 Å². The van der Waals surface area contributed by atoms with E-state index in [0.29, 0.717) is 5.56 Å². The van der Waals surface area contributed by atoms with Crippen LogP contribution in [0.4, 0.5) is 0 Å². The van der Waals surface area contributed by atoms with Gasteiger partial charge in [-0.05, 0) is 24.1 Å². The molecule has 1 unspecified atom stereocenters. The maximum Gasteiger partial charge on any atom is 0.251 e. The number of rotatable bonds is 4. The topological polar surface area (TPSA) is 78.0 Å². The standard InChI is InChI=1S/C13H17N3O2/c1-8(2)12(6-17)16-13(18)9-3-4-10-11(5-9)15-7-14-10/h3-5,7-8,12,17H,6H2,1-2H3,(H,14,15)(H,16,18). The molecule has 96 valence electrons. The van der Waals surface area contributed by atoms with E-state index in [1.165, 1.54) is 0 Å². The fraction of sp³-hybridized carbons (Fsp3) is 0.385. The Morgan fingerprint density at radius 2 is 2.28 bits per heavy atom. The summed E-state index contributed by atoms with van der Waals surface area (Å²) >= 11 is 0. The first-order valence-electron chi connectivity index (χ1n) is 5.96. The number of H-pyrrole nitrogens is 1. The summed E-state index contributed by atoms with van der Waals surface area (Å²) in [6.45, 7) is 3.86. The second-order valence-corrected chi connectivity index (χ2v) is 4.64. The van der Waals surface area contributed by atoms with Gasteiger partial charge >= 0.3 is 0 Å². The Morgan fingerprint density at radius 1 is 1.50 bits per heavy atom. The molecule has 5 heteroatoms. The molecule has 0 aliphatic rings. The van der Waals surface area contributed by atoms with Gasteiger partial charge in [-0.25, -0.2) is 4.98 Å². The number of aromatic amines is 1. The van der Waals surface area contributed by atoms with E-state index in [9.17, 15) is 9.90 Å². The Labute approximate surface area is 105 Å². The van der Waals surface area contributed by atoms with E-state index >= 15 is 0 Å². The van der Waals surface area contributed by atoms with E-state index < -0.39 is 0 Å². The van der Waals surface area contributed by atoms with Crippen LogP contribution in [-0.2, 0) is 0 Å². The van der Waals surface area contributed by atoms with Crippen LogP contribution in [0.25, 0.3) is 11.0 Å². The summed E-state index contributed by atoms with van der Waals surface area (Å²) in [5.41, 5.74) is 2.22. The van der Waals surface area contributed by atoms with Crippen molar-refractivity contribution < 1.29 is 9.90 Å². The monoisotopic (exact) mass is 247 g/mol. The first-order valence-corrected chi connectivity index (χ1v) is 5.96. The largest absolute Gasteiger partial charge is 0.394 e. The Morgan fingerprint density at radius 3 is 2.94 bits per heavy atom. The van der Waals surface area contributed by atoms with Crippen LogP contribution in [0, 0.1) is 5.92 Å². The SMILES string of the molecule is CC(C)C(CO)NC(=O)c1ccc2nc[nH]c2c1. The van der Waals surface area contributed by atoms with Gasteiger partial charge in [0.25, 0.3) is 5.91 Å². The number of aromatic nitrogens is 2. The van der Waals surface area contributed by atoms with Crippen LogP contribution in [0.1, 0.15) is 24.2 Å². The van der Waals surface area contributed by atoms with Gasteiger partial charge in [-0.1, -0.05) is 13.8 Å². The normalized spacial score (nSPS) is 12.9. The highest BCUT2D eigenvalue weighted by Gasteiger charge is 2.16. The van der Waals surface area contributed by atoms with Gasteiger partial charge in [0.05, 0.1) is 30.0 Å². The van der Waals surface area contributed by atoms with Crippen molar-refractivity contribution >= 4 is 16.9 Å². The second kappa shape index (κ2) is 5.18. The highest BCUT2D eigenvalue weighted by Crippen LogP contribution is 2.12. The van der Waals surface area contributed by atoms with Crippen molar-refractivity contribution in [1.82, 2.24) is 15.3 Å². The van der Waals surface area contributed by atoms with Crippen LogP contribution < -0.4 is 5.32 Å². The minimum atomic E-state index is -0.227. The summed E-state index contributed by atoms with van der Waals surface area (Å²) in [4.78, 5) is 19.1. The smallest absolute Gasteiger partial charge is 0.251 e. The maximum atomic E-state index is 12.0. The molecule has 0 spiro atoms. The molecule has 0 aliphatic heterocycles. The minimum absolute atomic E-state index is 0.0598. The Kier molecular flexibility index (Phi) is 3.62. The number of benzene rings is 1. The second-order valence-electron chi connectivity index (χ2n) is 4.64. The lowest BCUT2D eigenvalue weighted by atomic mass is 10.0. The third-order valence-corrected chi connectivity index (χ3v) is 3.00. The van der Waals surface area contributed by atoms with Crippen molar-refractivity contribution in [2.24, 2.45) is 5.92 Å². The van der Waals surface area contributed by atoms with Crippen LogP contribution in [0.15, 0.2) is 24.5 Å². The number of fused-ring (bicyclic) bond motifs is 1. The fourth-order valence-electron chi connectivity index (χ4n) is 1.75. The van der Waals surface area contributed by atoms with Gasteiger partial charge in [0.15, 0.2) is 0 Å². The molecule has 0 saturated heterocycles. The predicted octanol–water partition coefficient (Wildman–Crippen LogP) is 1.31. The van der Waals surface area contributed by atoms with E-state index in [1.807, 2.05) is 13.8 Å². The average molecular weight is 247 g/mol. The van der Waals surface area contributed by atoms with Gasteiger partial charge in [-0.15, -0.1) is 0 Å². The lowest BCUT2D eigenvalue weighted by Gasteiger charge is -2.19. The van der Waals surface area contributed by atoms with Gasteiger partial charge < -0.3 is 15.4 Å². The molecule has 0 saturated carbocycles. The number of aliphatic hydroxyl groups excluding tert-OH is 1. The van der Waals surface area contributed by atoms with Crippen LogP contribution in [-0.4, -0.2) is 33.6 Å². The molecule has 0 bridgehead atoms. The first kappa shape index (κ1) is 12.6. The van der Waals surface area contributed by atoms with E-state index in [-0.39, 0.29) is 24.5 Å².